The maximum atomic E-state index is 10.4. The summed E-state index contributed by atoms with van der Waals surface area (Å²) in [6.07, 6.45) is 31.0. The zero-order chi connectivity index (χ0) is 18.1. The van der Waals surface area contributed by atoms with E-state index in [9.17, 15) is 5.11 Å². The van der Waals surface area contributed by atoms with Gasteiger partial charge >= 0.3 is 0 Å². The quantitative estimate of drug-likeness (QED) is 0.207. The fraction of sp³-hybridized carbons (Fsp3) is 0.917. The predicted octanol–water partition coefficient (Wildman–Crippen LogP) is 8.11. The van der Waals surface area contributed by atoms with Gasteiger partial charge in [-0.1, -0.05) is 122 Å². The molecular weight excluding hydrogens is 304 g/mol. The first-order valence-electron chi connectivity index (χ1n) is 11.7. The molecule has 1 aliphatic carbocycles. The number of unbranched alkanes of at least 4 members (excludes halogenated alkanes) is 15. The minimum absolute atomic E-state index is 0.464. The Kier molecular flexibility index (Phi) is 14.5. The molecule has 0 saturated carbocycles. The summed E-state index contributed by atoms with van der Waals surface area (Å²) in [6, 6.07) is 0. The predicted molar refractivity (Wildman–Crippen MR) is 112 cm³/mol. The van der Waals surface area contributed by atoms with Gasteiger partial charge in [-0.05, 0) is 25.7 Å². The fourth-order valence-corrected chi connectivity index (χ4v) is 4.10. The molecule has 148 valence electrons. The lowest BCUT2D eigenvalue weighted by Gasteiger charge is -2.27. The Morgan fingerprint density at radius 1 is 0.680 bits per heavy atom. The van der Waals surface area contributed by atoms with Crippen molar-refractivity contribution in [1.82, 2.24) is 0 Å². The van der Waals surface area contributed by atoms with Gasteiger partial charge in [-0.15, -0.1) is 0 Å². The highest BCUT2D eigenvalue weighted by molar-refractivity contribution is 5.04. The van der Waals surface area contributed by atoms with Crippen LogP contribution in [-0.2, 0) is 0 Å². The Hall–Kier alpha value is -0.300. The van der Waals surface area contributed by atoms with Gasteiger partial charge in [0.1, 0.15) is 0 Å². The third kappa shape index (κ3) is 13.5. The van der Waals surface area contributed by atoms with Gasteiger partial charge in [0.25, 0.3) is 0 Å². The zero-order valence-electron chi connectivity index (χ0n) is 17.2. The van der Waals surface area contributed by atoms with Gasteiger partial charge in [-0.3, -0.25) is 0 Å². The van der Waals surface area contributed by atoms with Crippen LogP contribution in [0.3, 0.4) is 0 Å². The Balaban J connectivity index is 1.73. The average molecular weight is 351 g/mol. The van der Waals surface area contributed by atoms with Crippen LogP contribution in [0, 0.1) is 0 Å². The summed E-state index contributed by atoms with van der Waals surface area (Å²) in [4.78, 5) is 0. The molecule has 0 aromatic carbocycles. The van der Waals surface area contributed by atoms with Gasteiger partial charge in [0.15, 0.2) is 0 Å². The standard InChI is InChI=1S/C24H46O/c1-2-3-4-5-6-7-8-9-10-11-12-13-14-15-16-18-21-24(25)22-19-17-20-23-24/h19,22,25H,2-18,20-21,23H2,1H3. The van der Waals surface area contributed by atoms with E-state index in [1.54, 1.807) is 0 Å². The average Bonchev–Trinajstić information content (AvgIpc) is 2.62. The lowest BCUT2D eigenvalue weighted by molar-refractivity contribution is 0.0628. The molecular formula is C24H46O. The Morgan fingerprint density at radius 3 is 1.52 bits per heavy atom. The van der Waals surface area contributed by atoms with Crippen molar-refractivity contribution in [3.8, 4) is 0 Å². The highest BCUT2D eigenvalue weighted by Crippen LogP contribution is 2.27. The summed E-state index contributed by atoms with van der Waals surface area (Å²) in [5, 5.41) is 10.4. The van der Waals surface area contributed by atoms with Crippen molar-refractivity contribution in [2.45, 2.75) is 141 Å². The first-order chi connectivity index (χ1) is 12.3. The van der Waals surface area contributed by atoms with Crippen LogP contribution in [0.25, 0.3) is 0 Å². The molecule has 0 aromatic heterocycles. The van der Waals surface area contributed by atoms with Gasteiger partial charge in [-0.25, -0.2) is 0 Å². The number of aliphatic hydroxyl groups is 1. The van der Waals surface area contributed by atoms with Crippen molar-refractivity contribution in [2.24, 2.45) is 0 Å². The maximum absolute atomic E-state index is 10.4. The van der Waals surface area contributed by atoms with Gasteiger partial charge in [0.05, 0.1) is 5.60 Å². The molecule has 0 aliphatic heterocycles. The maximum Gasteiger partial charge on any atom is 0.0827 e. The summed E-state index contributed by atoms with van der Waals surface area (Å²) in [5.74, 6) is 0. The van der Waals surface area contributed by atoms with Crippen LogP contribution in [-0.4, -0.2) is 10.7 Å². The summed E-state index contributed by atoms with van der Waals surface area (Å²) >= 11 is 0. The molecule has 0 aromatic rings. The Labute approximate surface area is 158 Å². The highest BCUT2D eigenvalue weighted by Gasteiger charge is 2.23. The third-order valence-corrected chi connectivity index (χ3v) is 5.87. The van der Waals surface area contributed by atoms with E-state index in [0.29, 0.717) is 0 Å². The van der Waals surface area contributed by atoms with Crippen molar-refractivity contribution in [3.05, 3.63) is 12.2 Å². The molecule has 1 N–H and O–H groups in total. The minimum Gasteiger partial charge on any atom is -0.386 e. The van der Waals surface area contributed by atoms with E-state index in [1.165, 1.54) is 103 Å². The normalized spacial score (nSPS) is 20.2. The highest BCUT2D eigenvalue weighted by atomic mass is 16.3. The Bertz CT molecular complexity index is 309. The molecule has 0 saturated heterocycles. The Morgan fingerprint density at radius 2 is 1.12 bits per heavy atom. The van der Waals surface area contributed by atoms with Gasteiger partial charge in [0, 0.05) is 0 Å². The summed E-state index contributed by atoms with van der Waals surface area (Å²) in [5.41, 5.74) is -0.464. The van der Waals surface area contributed by atoms with Gasteiger partial charge < -0.3 is 5.11 Å². The second-order valence-electron chi connectivity index (χ2n) is 8.45. The van der Waals surface area contributed by atoms with Crippen LogP contribution < -0.4 is 0 Å². The molecule has 0 fully saturated rings. The van der Waals surface area contributed by atoms with Crippen molar-refractivity contribution in [2.75, 3.05) is 0 Å². The fourth-order valence-electron chi connectivity index (χ4n) is 4.10. The van der Waals surface area contributed by atoms with Crippen molar-refractivity contribution in [3.63, 3.8) is 0 Å². The van der Waals surface area contributed by atoms with E-state index in [0.717, 1.165) is 25.7 Å². The van der Waals surface area contributed by atoms with E-state index in [4.69, 9.17) is 0 Å². The van der Waals surface area contributed by atoms with Crippen molar-refractivity contribution in [1.29, 1.82) is 0 Å². The molecule has 0 spiro atoms. The molecule has 1 atom stereocenters. The monoisotopic (exact) mass is 350 g/mol. The lowest BCUT2D eigenvalue weighted by Crippen LogP contribution is -2.27. The second kappa shape index (κ2) is 15.9. The number of hydrogen-bond acceptors (Lipinski definition) is 1. The molecule has 25 heavy (non-hydrogen) atoms. The molecule has 1 rings (SSSR count). The molecule has 0 heterocycles. The topological polar surface area (TPSA) is 20.2 Å². The van der Waals surface area contributed by atoms with Crippen LogP contribution >= 0.6 is 0 Å². The number of allylic oxidation sites excluding steroid dienone is 1. The van der Waals surface area contributed by atoms with E-state index < -0.39 is 5.60 Å². The zero-order valence-corrected chi connectivity index (χ0v) is 17.2. The van der Waals surface area contributed by atoms with E-state index >= 15 is 0 Å². The van der Waals surface area contributed by atoms with Crippen molar-refractivity contribution >= 4 is 0 Å². The van der Waals surface area contributed by atoms with Crippen molar-refractivity contribution < 1.29 is 5.11 Å². The third-order valence-electron chi connectivity index (χ3n) is 5.87. The summed E-state index contributed by atoms with van der Waals surface area (Å²) in [6.45, 7) is 2.29. The second-order valence-corrected chi connectivity index (χ2v) is 8.45. The van der Waals surface area contributed by atoms with Crippen LogP contribution in [0.2, 0.25) is 0 Å². The SMILES string of the molecule is CCCCCCCCCCCCCCCCCCC1(O)C=CCCC1. The largest absolute Gasteiger partial charge is 0.386 e. The van der Waals surface area contributed by atoms with Crippen LogP contribution in [0.5, 0.6) is 0 Å². The van der Waals surface area contributed by atoms with E-state index in [1.807, 2.05) is 0 Å². The van der Waals surface area contributed by atoms with Crippen LogP contribution in [0.15, 0.2) is 12.2 Å². The number of rotatable bonds is 17. The molecule has 1 aliphatic rings. The minimum atomic E-state index is -0.464. The van der Waals surface area contributed by atoms with Crippen LogP contribution in [0.4, 0.5) is 0 Å². The van der Waals surface area contributed by atoms with E-state index in [2.05, 4.69) is 19.1 Å². The molecule has 0 radical (unpaired) electrons. The molecule has 1 nitrogen and oxygen atoms in total. The molecule has 1 heteroatoms. The summed E-state index contributed by atoms with van der Waals surface area (Å²) in [7, 11) is 0. The molecule has 0 bridgehead atoms. The molecule has 0 amide bonds. The number of hydrogen-bond donors (Lipinski definition) is 1. The van der Waals surface area contributed by atoms with Crippen LogP contribution in [0.1, 0.15) is 135 Å². The smallest absolute Gasteiger partial charge is 0.0827 e. The van der Waals surface area contributed by atoms with E-state index in [-0.39, 0.29) is 0 Å². The van der Waals surface area contributed by atoms with Gasteiger partial charge in [-0.2, -0.15) is 0 Å². The summed E-state index contributed by atoms with van der Waals surface area (Å²) < 4.78 is 0. The molecule has 1 unspecified atom stereocenters. The lowest BCUT2D eigenvalue weighted by atomic mass is 9.86. The first kappa shape index (κ1) is 22.7. The van der Waals surface area contributed by atoms with Gasteiger partial charge in [0.2, 0.25) is 0 Å². The first-order valence-corrected chi connectivity index (χ1v) is 11.7.